The summed E-state index contributed by atoms with van der Waals surface area (Å²) in [6, 6.07) is 3.30. The summed E-state index contributed by atoms with van der Waals surface area (Å²) in [5.41, 5.74) is 1.60. The molecule has 1 atom stereocenters. The minimum absolute atomic E-state index is 0.0668. The fourth-order valence-corrected chi connectivity index (χ4v) is 2.08. The van der Waals surface area contributed by atoms with Crippen LogP contribution in [0.5, 0.6) is 0 Å². The molecule has 7 heteroatoms. The summed E-state index contributed by atoms with van der Waals surface area (Å²) < 4.78 is 13.5. The number of carbonyl (C=O) groups is 2. The van der Waals surface area contributed by atoms with Crippen molar-refractivity contribution >= 4 is 17.6 Å². The number of nitrogens with one attached hydrogen (secondary N) is 1. The Bertz CT molecular complexity index is 604. The maximum Gasteiger partial charge on any atom is 0.353 e. The predicted octanol–water partition coefficient (Wildman–Crippen LogP) is 1.29. The van der Waals surface area contributed by atoms with Crippen molar-refractivity contribution < 1.29 is 23.9 Å². The van der Waals surface area contributed by atoms with Gasteiger partial charge in [-0.05, 0) is 30.5 Å². The number of hydrogen-bond acceptors (Lipinski definition) is 4. The number of benzene rings is 1. The van der Waals surface area contributed by atoms with Gasteiger partial charge in [-0.3, -0.25) is 4.79 Å². The molecule has 21 heavy (non-hydrogen) atoms. The highest BCUT2D eigenvalue weighted by Crippen LogP contribution is 2.15. The van der Waals surface area contributed by atoms with E-state index < -0.39 is 18.0 Å². The molecule has 0 spiro atoms. The quantitative estimate of drug-likeness (QED) is 0.875. The van der Waals surface area contributed by atoms with E-state index >= 15 is 0 Å². The number of amides is 1. The zero-order valence-electron chi connectivity index (χ0n) is 11.6. The van der Waals surface area contributed by atoms with E-state index in [0.29, 0.717) is 11.1 Å². The highest BCUT2D eigenvalue weighted by Gasteiger charge is 2.31. The van der Waals surface area contributed by atoms with Gasteiger partial charge in [0.1, 0.15) is 5.82 Å². The van der Waals surface area contributed by atoms with E-state index in [1.807, 2.05) is 0 Å². The first-order chi connectivity index (χ1) is 9.88. The highest BCUT2D eigenvalue weighted by atomic mass is 19.1. The largest absolute Gasteiger partial charge is 0.477 e. The smallest absolute Gasteiger partial charge is 0.353 e. The summed E-state index contributed by atoms with van der Waals surface area (Å²) in [6.07, 6.45) is -0.999. The molecule has 1 aromatic rings. The number of hydrogen-bond donors (Lipinski definition) is 2. The Morgan fingerprint density at radius 1 is 1.43 bits per heavy atom. The topological polar surface area (TPSA) is 88.0 Å². The van der Waals surface area contributed by atoms with Crippen LogP contribution in [0.3, 0.4) is 0 Å². The van der Waals surface area contributed by atoms with Gasteiger partial charge in [0.15, 0.2) is 5.71 Å². The number of carboxylic acids is 1. The van der Waals surface area contributed by atoms with Gasteiger partial charge >= 0.3 is 5.97 Å². The van der Waals surface area contributed by atoms with Crippen molar-refractivity contribution in [2.24, 2.45) is 5.16 Å². The Kier molecular flexibility index (Phi) is 4.21. The van der Waals surface area contributed by atoms with Gasteiger partial charge in [-0.25, -0.2) is 9.18 Å². The number of rotatable bonds is 4. The molecule has 1 aromatic carbocycles. The average molecular weight is 294 g/mol. The third kappa shape index (κ3) is 3.36. The number of carbonyl (C=O) groups excluding carboxylic acids is 1. The molecule has 0 fully saturated rings. The molecule has 1 heterocycles. The zero-order chi connectivity index (χ0) is 15.6. The van der Waals surface area contributed by atoms with E-state index in [1.165, 1.54) is 0 Å². The summed E-state index contributed by atoms with van der Waals surface area (Å²) in [5.74, 6) is -1.91. The van der Waals surface area contributed by atoms with Crippen LogP contribution < -0.4 is 5.32 Å². The third-order valence-electron chi connectivity index (χ3n) is 3.17. The maximum atomic E-state index is 13.5. The summed E-state index contributed by atoms with van der Waals surface area (Å²) in [6.45, 7) is 3.52. The molecule has 2 rings (SSSR count). The SMILES string of the molecule is Cc1cc(CNC(=O)C2CC(C(=O)O)=NO2)cc(C)c1F. The van der Waals surface area contributed by atoms with Crippen LogP contribution in [0.1, 0.15) is 23.1 Å². The summed E-state index contributed by atoms with van der Waals surface area (Å²) in [4.78, 5) is 27.3. The normalized spacial score (nSPS) is 17.1. The minimum atomic E-state index is -1.20. The molecule has 1 unspecified atom stereocenters. The zero-order valence-corrected chi connectivity index (χ0v) is 11.6. The van der Waals surface area contributed by atoms with Crippen LogP contribution in [-0.2, 0) is 21.0 Å². The van der Waals surface area contributed by atoms with Crippen molar-refractivity contribution in [2.75, 3.05) is 0 Å². The number of nitrogens with zero attached hydrogens (tertiary/aromatic N) is 1. The van der Waals surface area contributed by atoms with E-state index in [1.54, 1.807) is 26.0 Å². The average Bonchev–Trinajstić information content (AvgIpc) is 2.92. The second-order valence-electron chi connectivity index (χ2n) is 4.90. The van der Waals surface area contributed by atoms with Crippen molar-refractivity contribution in [3.63, 3.8) is 0 Å². The van der Waals surface area contributed by atoms with Gasteiger partial charge in [-0.2, -0.15) is 0 Å². The van der Waals surface area contributed by atoms with Crippen molar-refractivity contribution in [3.8, 4) is 0 Å². The Balaban J connectivity index is 1.92. The third-order valence-corrected chi connectivity index (χ3v) is 3.17. The van der Waals surface area contributed by atoms with Crippen LogP contribution in [-0.4, -0.2) is 28.8 Å². The Hall–Kier alpha value is -2.44. The Labute approximate surface area is 120 Å². The van der Waals surface area contributed by atoms with E-state index in [-0.39, 0.29) is 24.5 Å². The number of aryl methyl sites for hydroxylation is 2. The molecule has 6 nitrogen and oxygen atoms in total. The standard InChI is InChI=1S/C14H15FN2O4/c1-7-3-9(4-8(2)12(7)15)6-16-13(18)11-5-10(14(19)20)17-21-11/h3-4,11H,5-6H2,1-2H3,(H,16,18)(H,19,20). The second-order valence-corrected chi connectivity index (χ2v) is 4.90. The lowest BCUT2D eigenvalue weighted by molar-refractivity contribution is -0.131. The van der Waals surface area contributed by atoms with Crippen molar-refractivity contribution in [2.45, 2.75) is 32.9 Å². The highest BCUT2D eigenvalue weighted by molar-refractivity contribution is 6.36. The lowest BCUT2D eigenvalue weighted by atomic mass is 10.1. The predicted molar refractivity (Wildman–Crippen MR) is 72.3 cm³/mol. The van der Waals surface area contributed by atoms with Crippen LogP contribution in [0.25, 0.3) is 0 Å². The van der Waals surface area contributed by atoms with Crippen molar-refractivity contribution in [1.29, 1.82) is 0 Å². The van der Waals surface area contributed by atoms with Gasteiger partial charge in [-0.15, -0.1) is 0 Å². The fraction of sp³-hybridized carbons (Fsp3) is 0.357. The van der Waals surface area contributed by atoms with Crippen LogP contribution in [0.2, 0.25) is 0 Å². The fourth-order valence-electron chi connectivity index (χ4n) is 2.08. The summed E-state index contributed by atoms with van der Waals surface area (Å²) in [7, 11) is 0. The molecule has 112 valence electrons. The number of oxime groups is 1. The van der Waals surface area contributed by atoms with Crippen molar-refractivity contribution in [3.05, 3.63) is 34.6 Å². The summed E-state index contributed by atoms with van der Waals surface area (Å²) >= 11 is 0. The molecule has 0 radical (unpaired) electrons. The number of carboxylic acid groups (broad SMARTS) is 1. The van der Waals surface area contributed by atoms with Gasteiger partial charge in [0, 0.05) is 13.0 Å². The first kappa shape index (κ1) is 15.0. The molecule has 0 aliphatic carbocycles. The molecule has 1 aliphatic rings. The molecule has 1 aliphatic heterocycles. The molecule has 0 bridgehead atoms. The van der Waals surface area contributed by atoms with Gasteiger partial charge in [0.2, 0.25) is 6.10 Å². The Morgan fingerprint density at radius 2 is 2.05 bits per heavy atom. The van der Waals surface area contributed by atoms with Crippen LogP contribution in [0, 0.1) is 19.7 Å². The number of aliphatic carboxylic acids is 1. The summed E-state index contributed by atoms with van der Waals surface area (Å²) in [5, 5.41) is 14.7. The van der Waals surface area contributed by atoms with Gasteiger partial charge in [0.05, 0.1) is 0 Å². The lowest BCUT2D eigenvalue weighted by Gasteiger charge is -2.11. The van der Waals surface area contributed by atoms with Crippen LogP contribution in [0.15, 0.2) is 17.3 Å². The first-order valence-corrected chi connectivity index (χ1v) is 6.38. The molecule has 0 saturated heterocycles. The first-order valence-electron chi connectivity index (χ1n) is 6.38. The van der Waals surface area contributed by atoms with E-state index in [2.05, 4.69) is 10.5 Å². The van der Waals surface area contributed by atoms with Crippen LogP contribution >= 0.6 is 0 Å². The molecule has 0 aromatic heterocycles. The monoisotopic (exact) mass is 294 g/mol. The van der Waals surface area contributed by atoms with E-state index in [9.17, 15) is 14.0 Å². The molecular formula is C14H15FN2O4. The molecule has 1 amide bonds. The molecular weight excluding hydrogens is 279 g/mol. The molecule has 2 N–H and O–H groups in total. The maximum absolute atomic E-state index is 13.5. The second kappa shape index (κ2) is 5.90. The van der Waals surface area contributed by atoms with Crippen LogP contribution in [0.4, 0.5) is 4.39 Å². The van der Waals surface area contributed by atoms with E-state index in [4.69, 9.17) is 9.94 Å². The minimum Gasteiger partial charge on any atom is -0.477 e. The lowest BCUT2D eigenvalue weighted by Crippen LogP contribution is -2.34. The Morgan fingerprint density at radius 3 is 2.57 bits per heavy atom. The van der Waals surface area contributed by atoms with Crippen molar-refractivity contribution in [1.82, 2.24) is 5.32 Å². The van der Waals surface area contributed by atoms with Gasteiger partial charge in [-0.1, -0.05) is 17.3 Å². The number of halogens is 1. The molecule has 0 saturated carbocycles. The van der Waals surface area contributed by atoms with E-state index in [0.717, 1.165) is 5.56 Å². The van der Waals surface area contributed by atoms with Gasteiger partial charge in [0.25, 0.3) is 5.91 Å². The van der Waals surface area contributed by atoms with Gasteiger partial charge < -0.3 is 15.3 Å².